The molecule has 0 bridgehead atoms. The number of amides is 1. The molecule has 1 heterocycles. The summed E-state index contributed by atoms with van der Waals surface area (Å²) in [5, 5.41) is 3.24. The lowest BCUT2D eigenvalue weighted by Gasteiger charge is -2.17. The molecular weight excluding hydrogens is 495 g/mol. The molecule has 3 rings (SSSR count). The van der Waals surface area contributed by atoms with Gasteiger partial charge < -0.3 is 5.32 Å². The summed E-state index contributed by atoms with van der Waals surface area (Å²) in [4.78, 5) is 12.3. The van der Waals surface area contributed by atoms with E-state index in [1.807, 2.05) is 0 Å². The third kappa shape index (κ3) is 6.23. The van der Waals surface area contributed by atoms with Crippen LogP contribution in [0.4, 0.5) is 18.9 Å². The van der Waals surface area contributed by atoms with Crippen LogP contribution < -0.4 is 10.0 Å². The minimum absolute atomic E-state index is 0.0362. The molecule has 2 aromatic rings. The van der Waals surface area contributed by atoms with Gasteiger partial charge in [0, 0.05) is 36.3 Å². The Balaban J connectivity index is 1.63. The van der Waals surface area contributed by atoms with Crippen molar-refractivity contribution in [3.8, 4) is 0 Å². The van der Waals surface area contributed by atoms with Gasteiger partial charge in [0.05, 0.1) is 10.5 Å². The maximum absolute atomic E-state index is 12.9. The minimum Gasteiger partial charge on any atom is -0.322 e. The highest BCUT2D eigenvalue weighted by Crippen LogP contribution is 2.30. The number of rotatable bonds is 8. The minimum atomic E-state index is -4.49. The maximum atomic E-state index is 12.9. The van der Waals surface area contributed by atoms with E-state index in [1.54, 1.807) is 0 Å². The molecule has 1 aliphatic rings. The molecule has 0 aliphatic carbocycles. The van der Waals surface area contributed by atoms with E-state index < -0.39 is 37.7 Å². The Morgan fingerprint density at radius 3 is 2.24 bits per heavy atom. The lowest BCUT2D eigenvalue weighted by molar-refractivity contribution is -0.137. The van der Waals surface area contributed by atoms with E-state index in [9.17, 15) is 34.8 Å². The van der Waals surface area contributed by atoms with Gasteiger partial charge in [0.15, 0.2) is 0 Å². The Morgan fingerprint density at radius 1 is 1.06 bits per heavy atom. The van der Waals surface area contributed by atoms with Gasteiger partial charge in [0.25, 0.3) is 5.91 Å². The van der Waals surface area contributed by atoms with Crippen molar-refractivity contribution < 1.29 is 34.8 Å². The molecule has 0 aromatic heterocycles. The van der Waals surface area contributed by atoms with Gasteiger partial charge in [-0.15, -0.1) is 0 Å². The first-order valence-electron chi connectivity index (χ1n) is 10.0. The second kappa shape index (κ2) is 9.86. The van der Waals surface area contributed by atoms with Crippen molar-refractivity contribution in [3.05, 3.63) is 71.6 Å². The zero-order valence-electron chi connectivity index (χ0n) is 17.7. The monoisotopic (exact) mass is 517 g/mol. The molecule has 1 saturated heterocycles. The summed E-state index contributed by atoms with van der Waals surface area (Å²) in [7, 11) is -7.45. The van der Waals surface area contributed by atoms with E-state index in [0.29, 0.717) is 6.42 Å². The van der Waals surface area contributed by atoms with Crippen LogP contribution in [0.1, 0.15) is 22.3 Å². The lowest BCUT2D eigenvalue weighted by Crippen LogP contribution is -2.32. The first kappa shape index (κ1) is 25.9. The maximum Gasteiger partial charge on any atom is 0.416 e. The molecule has 0 spiro atoms. The molecule has 2 aromatic carbocycles. The summed E-state index contributed by atoms with van der Waals surface area (Å²) in [6, 6.07) is 9.08. The van der Waals surface area contributed by atoms with E-state index >= 15 is 0 Å². The molecule has 1 atom stereocenters. The molecular formula is C21H22F3N3O5S2. The predicted octanol–water partition coefficient (Wildman–Crippen LogP) is 3.03. The van der Waals surface area contributed by atoms with Gasteiger partial charge in [-0.2, -0.15) is 17.5 Å². The number of anilines is 1. The largest absolute Gasteiger partial charge is 0.416 e. The number of nitrogens with one attached hydrogen (secondary N) is 2. The molecule has 1 fully saturated rings. The van der Waals surface area contributed by atoms with E-state index in [0.717, 1.165) is 29.7 Å². The third-order valence-corrected chi connectivity index (χ3v) is 8.15. The van der Waals surface area contributed by atoms with Crippen LogP contribution >= 0.6 is 0 Å². The molecule has 1 unspecified atom stereocenters. The first-order chi connectivity index (χ1) is 15.8. The number of halogens is 3. The number of alkyl halides is 3. The van der Waals surface area contributed by atoms with Gasteiger partial charge in [-0.1, -0.05) is 6.58 Å². The second-order valence-corrected chi connectivity index (χ2v) is 11.3. The van der Waals surface area contributed by atoms with Crippen molar-refractivity contribution in [3.63, 3.8) is 0 Å². The average Bonchev–Trinajstić information content (AvgIpc) is 3.28. The van der Waals surface area contributed by atoms with Gasteiger partial charge in [-0.25, -0.2) is 21.6 Å². The molecule has 2 N–H and O–H groups in total. The molecule has 1 aliphatic heterocycles. The summed E-state index contributed by atoms with van der Waals surface area (Å²) in [6.07, 6.45) is -4.01. The van der Waals surface area contributed by atoms with Gasteiger partial charge in [-0.3, -0.25) is 4.79 Å². The summed E-state index contributed by atoms with van der Waals surface area (Å²) in [5.74, 6) is -0.808. The van der Waals surface area contributed by atoms with Crippen LogP contribution in [0.15, 0.2) is 65.4 Å². The quantitative estimate of drug-likeness (QED) is 0.559. The summed E-state index contributed by atoms with van der Waals surface area (Å²) in [5.41, 5.74) is -0.566. The van der Waals surface area contributed by atoms with Crippen molar-refractivity contribution in [1.29, 1.82) is 0 Å². The average molecular weight is 518 g/mol. The molecule has 0 radical (unpaired) electrons. The number of nitrogens with zero attached hydrogens (tertiary/aromatic N) is 1. The van der Waals surface area contributed by atoms with Crippen LogP contribution in [-0.2, 0) is 26.2 Å². The van der Waals surface area contributed by atoms with Gasteiger partial charge >= 0.3 is 6.18 Å². The smallest absolute Gasteiger partial charge is 0.322 e. The van der Waals surface area contributed by atoms with Crippen molar-refractivity contribution in [2.75, 3.05) is 25.0 Å². The molecule has 8 nitrogen and oxygen atoms in total. The molecule has 34 heavy (non-hydrogen) atoms. The Kier molecular flexibility index (Phi) is 7.50. The Labute approximate surface area is 195 Å². The zero-order valence-corrected chi connectivity index (χ0v) is 19.4. The van der Waals surface area contributed by atoms with Crippen molar-refractivity contribution >= 4 is 31.6 Å². The van der Waals surface area contributed by atoms with Crippen LogP contribution in [-0.4, -0.2) is 46.7 Å². The summed E-state index contributed by atoms with van der Waals surface area (Å²) >= 11 is 0. The normalized spacial score (nSPS) is 17.4. The predicted molar refractivity (Wildman–Crippen MR) is 120 cm³/mol. The number of carbonyl (C=O) groups is 1. The van der Waals surface area contributed by atoms with Gasteiger partial charge in [0.1, 0.15) is 0 Å². The standard InChI is InChI=1S/C21H22F3N3O5S2/c1-2-33(29,30)25-13-15-11-12-27(14-15)34(31,32)19-9-3-16(4-10-19)20(28)26-18-7-5-17(6-8-18)21(22,23)24/h2-10,15,25H,1,11-14H2,(H,26,28). The molecule has 0 saturated carbocycles. The SMILES string of the molecule is C=CS(=O)(=O)NCC1CCN(S(=O)(=O)c2ccc(C(=O)Nc3ccc(C(F)(F)F)cc3)cc2)C1. The third-order valence-electron chi connectivity index (χ3n) is 5.27. The van der Waals surface area contributed by atoms with E-state index in [2.05, 4.69) is 16.6 Å². The summed E-state index contributed by atoms with van der Waals surface area (Å²) in [6.45, 7) is 3.65. The fourth-order valence-electron chi connectivity index (χ4n) is 3.35. The zero-order chi connectivity index (χ0) is 25.1. The number of hydrogen-bond acceptors (Lipinski definition) is 5. The van der Waals surface area contributed by atoms with E-state index in [4.69, 9.17) is 0 Å². The van der Waals surface area contributed by atoms with Crippen LogP contribution in [0, 0.1) is 5.92 Å². The van der Waals surface area contributed by atoms with Crippen LogP contribution in [0.2, 0.25) is 0 Å². The number of hydrogen-bond donors (Lipinski definition) is 2. The summed E-state index contributed by atoms with van der Waals surface area (Å²) < 4.78 is 90.3. The number of carbonyl (C=O) groups excluding carboxylic acids is 1. The molecule has 184 valence electrons. The highest BCUT2D eigenvalue weighted by molar-refractivity contribution is 7.92. The van der Waals surface area contributed by atoms with Crippen molar-refractivity contribution in [1.82, 2.24) is 9.03 Å². The van der Waals surface area contributed by atoms with Gasteiger partial charge in [-0.05, 0) is 60.9 Å². The fourth-order valence-corrected chi connectivity index (χ4v) is 5.46. The van der Waals surface area contributed by atoms with Crippen LogP contribution in [0.5, 0.6) is 0 Å². The Bertz CT molecular complexity index is 1260. The Hall–Kier alpha value is -2.74. The van der Waals surface area contributed by atoms with Crippen LogP contribution in [0.25, 0.3) is 0 Å². The Morgan fingerprint density at radius 2 is 1.68 bits per heavy atom. The van der Waals surface area contributed by atoms with E-state index in [1.165, 1.54) is 28.6 Å². The highest BCUT2D eigenvalue weighted by atomic mass is 32.2. The number of sulfonamides is 2. The van der Waals surface area contributed by atoms with Crippen LogP contribution in [0.3, 0.4) is 0 Å². The topological polar surface area (TPSA) is 113 Å². The van der Waals surface area contributed by atoms with E-state index in [-0.39, 0.29) is 41.7 Å². The first-order valence-corrected chi connectivity index (χ1v) is 13.0. The van der Waals surface area contributed by atoms with Crippen molar-refractivity contribution in [2.24, 2.45) is 5.92 Å². The fraction of sp³-hybridized carbons (Fsp3) is 0.286. The molecule has 13 heteroatoms. The van der Waals surface area contributed by atoms with Crippen molar-refractivity contribution in [2.45, 2.75) is 17.5 Å². The number of benzene rings is 2. The molecule has 1 amide bonds. The second-order valence-electron chi connectivity index (χ2n) is 7.63. The lowest BCUT2D eigenvalue weighted by atomic mass is 10.1. The highest BCUT2D eigenvalue weighted by Gasteiger charge is 2.33. The van der Waals surface area contributed by atoms with Gasteiger partial charge in [0.2, 0.25) is 20.0 Å².